The van der Waals surface area contributed by atoms with Crippen molar-refractivity contribution in [2.24, 2.45) is 0 Å². The van der Waals surface area contributed by atoms with E-state index >= 15 is 0 Å². The van der Waals surface area contributed by atoms with Crippen molar-refractivity contribution in [3.8, 4) is 0 Å². The van der Waals surface area contributed by atoms with E-state index in [0.717, 1.165) is 5.69 Å². The Morgan fingerprint density at radius 2 is 1.88 bits per heavy atom. The number of nitrogens with zero attached hydrogens (tertiary/aromatic N) is 1. The van der Waals surface area contributed by atoms with Crippen LogP contribution in [-0.4, -0.2) is 31.5 Å². The zero-order valence-electron chi connectivity index (χ0n) is 10.3. The largest absolute Gasteiger partial charge is 0.354 e. The highest BCUT2D eigenvalue weighted by molar-refractivity contribution is 5.07. The number of methoxy groups -OCH3 is 2. The van der Waals surface area contributed by atoms with Crippen LogP contribution in [0.15, 0.2) is 24.4 Å². The molecule has 1 rings (SSSR count). The van der Waals surface area contributed by atoms with Crippen molar-refractivity contribution in [2.45, 2.75) is 32.2 Å². The van der Waals surface area contributed by atoms with E-state index in [2.05, 4.69) is 17.2 Å². The molecule has 0 bridgehead atoms. The van der Waals surface area contributed by atoms with Crippen molar-refractivity contribution in [1.29, 1.82) is 0 Å². The molecule has 1 N–H and O–H groups in total. The summed E-state index contributed by atoms with van der Waals surface area (Å²) >= 11 is 0. The van der Waals surface area contributed by atoms with Crippen molar-refractivity contribution in [2.75, 3.05) is 14.2 Å². The summed E-state index contributed by atoms with van der Waals surface area (Å²) < 4.78 is 10.4. The molecule has 0 spiro atoms. The molecule has 0 saturated carbocycles. The SMILES string of the molecule is COC(OC)C(C)NC(C)c1ccccn1. The number of aromatic nitrogens is 1. The first-order valence-corrected chi connectivity index (χ1v) is 5.41. The third-order valence-electron chi connectivity index (χ3n) is 2.52. The van der Waals surface area contributed by atoms with Crippen LogP contribution in [0.3, 0.4) is 0 Å². The molecule has 1 heterocycles. The van der Waals surface area contributed by atoms with Crippen molar-refractivity contribution in [1.82, 2.24) is 10.3 Å². The maximum absolute atomic E-state index is 5.19. The minimum absolute atomic E-state index is 0.104. The summed E-state index contributed by atoms with van der Waals surface area (Å²) in [6.45, 7) is 4.10. The van der Waals surface area contributed by atoms with Crippen LogP contribution in [0.5, 0.6) is 0 Å². The highest BCUT2D eigenvalue weighted by atomic mass is 16.7. The molecule has 2 atom stereocenters. The molecule has 2 unspecified atom stereocenters. The van der Waals surface area contributed by atoms with Crippen molar-refractivity contribution in [3.63, 3.8) is 0 Å². The molecule has 1 aromatic rings. The van der Waals surface area contributed by atoms with Crippen LogP contribution < -0.4 is 5.32 Å². The maximum Gasteiger partial charge on any atom is 0.171 e. The van der Waals surface area contributed by atoms with E-state index < -0.39 is 0 Å². The Balaban J connectivity index is 2.54. The lowest BCUT2D eigenvalue weighted by molar-refractivity contribution is -0.120. The first-order valence-electron chi connectivity index (χ1n) is 5.41. The molecular weight excluding hydrogens is 204 g/mol. The maximum atomic E-state index is 5.19. The van der Waals surface area contributed by atoms with E-state index in [9.17, 15) is 0 Å². The molecule has 4 heteroatoms. The van der Waals surface area contributed by atoms with Gasteiger partial charge >= 0.3 is 0 Å². The normalized spacial score (nSPS) is 15.1. The summed E-state index contributed by atoms with van der Waals surface area (Å²) in [6.07, 6.45) is 1.55. The van der Waals surface area contributed by atoms with E-state index in [1.54, 1.807) is 20.4 Å². The Bertz CT molecular complexity index is 288. The minimum Gasteiger partial charge on any atom is -0.354 e. The minimum atomic E-state index is -0.244. The quantitative estimate of drug-likeness (QED) is 0.747. The van der Waals surface area contributed by atoms with Gasteiger partial charge in [-0.3, -0.25) is 4.98 Å². The van der Waals surface area contributed by atoms with Gasteiger partial charge in [-0.25, -0.2) is 0 Å². The molecule has 90 valence electrons. The topological polar surface area (TPSA) is 43.4 Å². The molecule has 0 aromatic carbocycles. The van der Waals surface area contributed by atoms with Crippen LogP contribution in [0.25, 0.3) is 0 Å². The lowest BCUT2D eigenvalue weighted by atomic mass is 10.2. The first kappa shape index (κ1) is 13.1. The standard InChI is InChI=1S/C12H20N2O2/c1-9(11-7-5-6-8-13-11)14-10(2)12(15-3)16-4/h5-10,12,14H,1-4H3. The third kappa shape index (κ3) is 3.56. The first-order chi connectivity index (χ1) is 7.69. The van der Waals surface area contributed by atoms with E-state index in [4.69, 9.17) is 9.47 Å². The summed E-state index contributed by atoms with van der Waals surface area (Å²) in [5.41, 5.74) is 1.01. The van der Waals surface area contributed by atoms with E-state index in [1.165, 1.54) is 0 Å². The van der Waals surface area contributed by atoms with Gasteiger partial charge < -0.3 is 14.8 Å². The zero-order chi connectivity index (χ0) is 12.0. The van der Waals surface area contributed by atoms with Gasteiger partial charge in [0.1, 0.15) is 0 Å². The molecule has 0 saturated heterocycles. The summed E-state index contributed by atoms with van der Waals surface area (Å²) in [6, 6.07) is 6.16. The molecule has 16 heavy (non-hydrogen) atoms. The number of hydrogen-bond acceptors (Lipinski definition) is 4. The number of rotatable bonds is 6. The Kier molecular flexibility index (Phi) is 5.38. The van der Waals surface area contributed by atoms with Crippen LogP contribution >= 0.6 is 0 Å². The molecule has 0 aliphatic rings. The van der Waals surface area contributed by atoms with Crippen LogP contribution in [-0.2, 0) is 9.47 Å². The second-order valence-corrected chi connectivity index (χ2v) is 3.77. The molecule has 0 radical (unpaired) electrons. The average Bonchev–Trinajstić information content (AvgIpc) is 2.31. The van der Waals surface area contributed by atoms with Crippen LogP contribution in [0, 0.1) is 0 Å². The van der Waals surface area contributed by atoms with Crippen LogP contribution in [0.2, 0.25) is 0 Å². The Morgan fingerprint density at radius 1 is 1.19 bits per heavy atom. The number of pyridine rings is 1. The van der Waals surface area contributed by atoms with Gasteiger partial charge in [0.2, 0.25) is 0 Å². The Hall–Kier alpha value is -0.970. The number of hydrogen-bond donors (Lipinski definition) is 1. The fourth-order valence-electron chi connectivity index (χ4n) is 1.69. The fourth-order valence-corrected chi connectivity index (χ4v) is 1.69. The lowest BCUT2D eigenvalue weighted by Gasteiger charge is -2.25. The van der Waals surface area contributed by atoms with E-state index in [1.807, 2.05) is 25.1 Å². The third-order valence-corrected chi connectivity index (χ3v) is 2.52. The van der Waals surface area contributed by atoms with Gasteiger partial charge in [-0.05, 0) is 26.0 Å². The Morgan fingerprint density at radius 3 is 2.38 bits per heavy atom. The Labute approximate surface area is 97.0 Å². The highest BCUT2D eigenvalue weighted by Crippen LogP contribution is 2.11. The number of nitrogens with one attached hydrogen (secondary N) is 1. The van der Waals surface area contributed by atoms with E-state index in [-0.39, 0.29) is 18.4 Å². The average molecular weight is 224 g/mol. The van der Waals surface area contributed by atoms with Crippen LogP contribution in [0.1, 0.15) is 25.6 Å². The predicted molar refractivity (Wildman–Crippen MR) is 63.1 cm³/mol. The lowest BCUT2D eigenvalue weighted by Crippen LogP contribution is -2.41. The van der Waals surface area contributed by atoms with E-state index in [0.29, 0.717) is 0 Å². The monoisotopic (exact) mass is 224 g/mol. The molecule has 0 amide bonds. The van der Waals surface area contributed by atoms with Gasteiger partial charge in [-0.1, -0.05) is 6.07 Å². The van der Waals surface area contributed by atoms with Gasteiger partial charge in [0.05, 0.1) is 11.7 Å². The summed E-state index contributed by atoms with van der Waals surface area (Å²) in [4.78, 5) is 4.30. The number of ether oxygens (including phenoxy) is 2. The second-order valence-electron chi connectivity index (χ2n) is 3.77. The van der Waals surface area contributed by atoms with Gasteiger partial charge in [0.15, 0.2) is 6.29 Å². The van der Waals surface area contributed by atoms with Gasteiger partial charge in [-0.15, -0.1) is 0 Å². The van der Waals surface area contributed by atoms with Crippen LogP contribution in [0.4, 0.5) is 0 Å². The molecule has 0 aliphatic carbocycles. The van der Waals surface area contributed by atoms with Crippen molar-refractivity contribution < 1.29 is 9.47 Å². The van der Waals surface area contributed by atoms with Gasteiger partial charge in [0.25, 0.3) is 0 Å². The van der Waals surface area contributed by atoms with Crippen molar-refractivity contribution in [3.05, 3.63) is 30.1 Å². The summed E-state index contributed by atoms with van der Waals surface area (Å²) in [7, 11) is 3.27. The van der Waals surface area contributed by atoms with Gasteiger partial charge in [-0.2, -0.15) is 0 Å². The second kappa shape index (κ2) is 6.58. The smallest absolute Gasteiger partial charge is 0.171 e. The zero-order valence-corrected chi connectivity index (χ0v) is 10.3. The molecule has 0 fully saturated rings. The predicted octanol–water partition coefficient (Wildman–Crippen LogP) is 1.74. The summed E-state index contributed by atoms with van der Waals surface area (Å²) in [5.74, 6) is 0. The summed E-state index contributed by atoms with van der Waals surface area (Å²) in [5, 5.41) is 3.39. The molecule has 1 aromatic heterocycles. The fraction of sp³-hybridized carbons (Fsp3) is 0.583. The molecule has 0 aliphatic heterocycles. The molecular formula is C12H20N2O2. The van der Waals surface area contributed by atoms with Gasteiger partial charge in [0, 0.05) is 26.5 Å². The van der Waals surface area contributed by atoms with Crippen molar-refractivity contribution >= 4 is 0 Å². The molecule has 4 nitrogen and oxygen atoms in total. The highest BCUT2D eigenvalue weighted by Gasteiger charge is 2.18.